The first-order chi connectivity index (χ1) is 14.2. The normalized spacial score (nSPS) is 13.9. The zero-order valence-electron chi connectivity index (χ0n) is 18.0. The number of anilines is 1. The van der Waals surface area contributed by atoms with Crippen LogP contribution in [0.4, 0.5) is 5.69 Å². The van der Waals surface area contributed by atoms with E-state index in [0.717, 1.165) is 18.7 Å². The van der Waals surface area contributed by atoms with Gasteiger partial charge in [0.1, 0.15) is 17.1 Å². The quantitative estimate of drug-likeness (QED) is 0.563. The average molecular weight is 411 g/mol. The molecule has 1 heterocycles. The number of Topliss-reactive ketones (excluding diaryl/α,β-unsaturated/α-hetero) is 1. The molecule has 0 atom stereocenters. The largest absolute Gasteiger partial charge is 0.507 e. The maximum Gasteiger partial charge on any atom is 0.341 e. The molecule has 6 nitrogen and oxygen atoms in total. The third-order valence-corrected chi connectivity index (χ3v) is 5.32. The van der Waals surface area contributed by atoms with E-state index in [2.05, 4.69) is 30.4 Å². The third-order valence-electron chi connectivity index (χ3n) is 5.32. The first-order valence-corrected chi connectivity index (χ1v) is 10.2. The molecule has 30 heavy (non-hydrogen) atoms. The van der Waals surface area contributed by atoms with Gasteiger partial charge in [-0.2, -0.15) is 0 Å². The van der Waals surface area contributed by atoms with Crippen molar-refractivity contribution in [3.8, 4) is 11.5 Å². The van der Waals surface area contributed by atoms with Crippen molar-refractivity contribution in [2.75, 3.05) is 31.7 Å². The topological polar surface area (TPSA) is 76.1 Å². The second kappa shape index (κ2) is 8.78. The molecule has 160 valence electrons. The number of nitrogens with zero attached hydrogens (tertiary/aromatic N) is 1. The molecule has 6 heteroatoms. The number of hydrogen-bond acceptors (Lipinski definition) is 6. The van der Waals surface area contributed by atoms with Crippen molar-refractivity contribution in [3.63, 3.8) is 0 Å². The van der Waals surface area contributed by atoms with Gasteiger partial charge in [0, 0.05) is 30.4 Å². The van der Waals surface area contributed by atoms with E-state index in [1.165, 1.54) is 43.8 Å². The van der Waals surface area contributed by atoms with Gasteiger partial charge in [0.05, 0.1) is 7.11 Å². The van der Waals surface area contributed by atoms with Gasteiger partial charge in [-0.25, -0.2) is 4.79 Å². The summed E-state index contributed by atoms with van der Waals surface area (Å²) in [6.07, 6.45) is 2.39. The molecule has 1 saturated heterocycles. The first kappa shape index (κ1) is 21.7. The summed E-state index contributed by atoms with van der Waals surface area (Å²) >= 11 is 0. The van der Waals surface area contributed by atoms with Gasteiger partial charge in [-0.1, -0.05) is 20.8 Å². The van der Waals surface area contributed by atoms with E-state index >= 15 is 0 Å². The van der Waals surface area contributed by atoms with E-state index in [9.17, 15) is 14.7 Å². The maximum atomic E-state index is 12.8. The highest BCUT2D eigenvalue weighted by Crippen LogP contribution is 2.34. The van der Waals surface area contributed by atoms with Crippen LogP contribution in [0.25, 0.3) is 0 Å². The minimum atomic E-state index is -0.636. The molecule has 0 spiro atoms. The summed E-state index contributed by atoms with van der Waals surface area (Å²) < 4.78 is 10.2. The molecule has 1 aliphatic rings. The van der Waals surface area contributed by atoms with E-state index in [4.69, 9.17) is 4.74 Å². The highest BCUT2D eigenvalue weighted by molar-refractivity contribution is 5.98. The number of benzene rings is 2. The Bertz CT molecular complexity index is 939. The number of hydrogen-bond donors (Lipinski definition) is 1. The van der Waals surface area contributed by atoms with Crippen LogP contribution in [-0.2, 0) is 10.2 Å². The molecule has 0 aliphatic carbocycles. The van der Waals surface area contributed by atoms with E-state index < -0.39 is 5.97 Å². The Kier molecular flexibility index (Phi) is 6.34. The van der Waals surface area contributed by atoms with Crippen LogP contribution in [0.15, 0.2) is 36.4 Å². The molecular weight excluding hydrogens is 382 g/mol. The van der Waals surface area contributed by atoms with Crippen molar-refractivity contribution in [3.05, 3.63) is 53.1 Å². The summed E-state index contributed by atoms with van der Waals surface area (Å²) in [7, 11) is 1.24. The first-order valence-electron chi connectivity index (χ1n) is 10.2. The fourth-order valence-electron chi connectivity index (χ4n) is 3.66. The molecule has 0 bridgehead atoms. The van der Waals surface area contributed by atoms with Crippen molar-refractivity contribution in [1.29, 1.82) is 0 Å². The second-order valence-corrected chi connectivity index (χ2v) is 8.56. The number of phenolic OH excluding ortho intramolecular Hbond substituents is 1. The van der Waals surface area contributed by atoms with Crippen LogP contribution in [0.5, 0.6) is 11.5 Å². The molecule has 2 aromatic rings. The number of ketones is 1. The number of rotatable bonds is 6. The van der Waals surface area contributed by atoms with E-state index in [1.807, 2.05) is 18.2 Å². The molecule has 0 unspecified atom stereocenters. The number of carbonyl (C=O) groups is 2. The monoisotopic (exact) mass is 411 g/mol. The number of methoxy groups -OCH3 is 1. The van der Waals surface area contributed by atoms with E-state index in [-0.39, 0.29) is 29.1 Å². The molecule has 0 aromatic heterocycles. The molecule has 1 aliphatic heterocycles. The third kappa shape index (κ3) is 4.75. The Morgan fingerprint density at radius 3 is 2.37 bits per heavy atom. The lowest BCUT2D eigenvalue weighted by Gasteiger charge is -2.29. The molecule has 0 radical (unpaired) electrons. The van der Waals surface area contributed by atoms with Gasteiger partial charge in [0.2, 0.25) is 0 Å². The van der Waals surface area contributed by atoms with Crippen LogP contribution >= 0.6 is 0 Å². The molecule has 1 N–H and O–H groups in total. The Balaban J connectivity index is 1.75. The molecule has 0 saturated carbocycles. The molecule has 1 fully saturated rings. The van der Waals surface area contributed by atoms with E-state index in [1.54, 1.807) is 0 Å². The Hall–Kier alpha value is -3.02. The van der Waals surface area contributed by atoms with Crippen molar-refractivity contribution in [2.24, 2.45) is 0 Å². The Labute approximate surface area is 177 Å². The molecule has 2 aromatic carbocycles. The minimum absolute atomic E-state index is 0.0449. The van der Waals surface area contributed by atoms with Crippen molar-refractivity contribution < 1.29 is 24.2 Å². The molecular formula is C24H29NO5. The fourth-order valence-corrected chi connectivity index (χ4v) is 3.66. The fraction of sp³-hybridized carbons (Fsp3) is 0.417. The number of phenols is 1. The average Bonchev–Trinajstić information content (AvgIpc) is 3.25. The minimum Gasteiger partial charge on any atom is -0.507 e. The van der Waals surface area contributed by atoms with Gasteiger partial charge in [0.15, 0.2) is 12.4 Å². The van der Waals surface area contributed by atoms with E-state index in [0.29, 0.717) is 11.3 Å². The van der Waals surface area contributed by atoms with Gasteiger partial charge in [-0.3, -0.25) is 4.79 Å². The number of aromatic hydroxyl groups is 1. The summed E-state index contributed by atoms with van der Waals surface area (Å²) in [5, 5.41) is 9.97. The maximum absolute atomic E-state index is 12.8. The van der Waals surface area contributed by atoms with Gasteiger partial charge >= 0.3 is 5.97 Å². The Morgan fingerprint density at radius 1 is 1.07 bits per heavy atom. The van der Waals surface area contributed by atoms with Gasteiger partial charge < -0.3 is 19.5 Å². The van der Waals surface area contributed by atoms with Crippen LogP contribution in [0.3, 0.4) is 0 Å². The zero-order valence-corrected chi connectivity index (χ0v) is 18.0. The number of carbonyl (C=O) groups excluding carboxylic acids is 2. The standard InChI is InChI=1S/C24H29NO5/c1-24(2,3)19-13-16(7-10-20(19)25-11-5-6-12-25)22(27)15-30-17-8-9-18(21(26)14-17)23(28)29-4/h7-10,13-14,26H,5-6,11-12,15H2,1-4H3. The second-order valence-electron chi connectivity index (χ2n) is 8.56. The summed E-state index contributed by atoms with van der Waals surface area (Å²) in [6, 6.07) is 10.1. The predicted molar refractivity (Wildman–Crippen MR) is 116 cm³/mol. The molecule has 0 amide bonds. The van der Waals surface area contributed by atoms with Crippen LogP contribution in [0, 0.1) is 0 Å². The number of esters is 1. The SMILES string of the molecule is COC(=O)c1ccc(OCC(=O)c2ccc(N3CCCC3)c(C(C)(C)C)c2)cc1O. The van der Waals surface area contributed by atoms with Crippen LogP contribution < -0.4 is 9.64 Å². The van der Waals surface area contributed by atoms with Gasteiger partial charge in [-0.15, -0.1) is 0 Å². The molecule has 3 rings (SSSR count). The zero-order chi connectivity index (χ0) is 21.9. The lowest BCUT2D eigenvalue weighted by molar-refractivity contribution is 0.0597. The highest BCUT2D eigenvalue weighted by atomic mass is 16.5. The van der Waals surface area contributed by atoms with Crippen LogP contribution in [0.1, 0.15) is 59.9 Å². The summed E-state index contributed by atoms with van der Waals surface area (Å²) in [6.45, 7) is 8.38. The predicted octanol–water partition coefficient (Wildman–Crippen LogP) is 4.34. The highest BCUT2D eigenvalue weighted by Gasteiger charge is 2.24. The lowest BCUT2D eigenvalue weighted by atomic mass is 9.84. The summed E-state index contributed by atoms with van der Waals surface area (Å²) in [5.41, 5.74) is 2.89. The van der Waals surface area contributed by atoms with Crippen LogP contribution in [-0.4, -0.2) is 43.7 Å². The Morgan fingerprint density at radius 2 is 1.77 bits per heavy atom. The van der Waals surface area contributed by atoms with Crippen LogP contribution in [0.2, 0.25) is 0 Å². The van der Waals surface area contributed by atoms with Gasteiger partial charge in [-0.05, 0) is 54.2 Å². The van der Waals surface area contributed by atoms with Crippen molar-refractivity contribution in [1.82, 2.24) is 0 Å². The lowest BCUT2D eigenvalue weighted by Crippen LogP contribution is -2.24. The van der Waals surface area contributed by atoms with Crippen molar-refractivity contribution >= 4 is 17.4 Å². The van der Waals surface area contributed by atoms with Crippen molar-refractivity contribution in [2.45, 2.75) is 39.0 Å². The number of ether oxygens (including phenoxy) is 2. The summed E-state index contributed by atoms with van der Waals surface area (Å²) in [4.78, 5) is 26.7. The van der Waals surface area contributed by atoms with Gasteiger partial charge in [0.25, 0.3) is 0 Å². The smallest absolute Gasteiger partial charge is 0.341 e. The summed E-state index contributed by atoms with van der Waals surface area (Å²) in [5.74, 6) is -0.733.